The molecule has 0 saturated heterocycles. The molecule has 0 spiro atoms. The molecule has 0 radical (unpaired) electrons. The van der Waals surface area contributed by atoms with Gasteiger partial charge in [-0.15, -0.1) is 0 Å². The van der Waals surface area contributed by atoms with Gasteiger partial charge in [0, 0.05) is 61.1 Å². The fourth-order valence-corrected chi connectivity index (χ4v) is 5.46. The molecule has 4 aromatic rings. The van der Waals surface area contributed by atoms with Crippen LogP contribution in [0.25, 0.3) is 21.8 Å². The zero-order valence-corrected chi connectivity index (χ0v) is 27.6. The van der Waals surface area contributed by atoms with Gasteiger partial charge in [-0.1, -0.05) is 75.7 Å². The minimum Gasteiger partial charge on any atom is -0.315 e. The summed E-state index contributed by atoms with van der Waals surface area (Å²) in [5.74, 6) is 1.79. The van der Waals surface area contributed by atoms with E-state index in [2.05, 4.69) is 88.5 Å². The van der Waals surface area contributed by atoms with E-state index in [0.717, 1.165) is 83.7 Å². The molecule has 2 aliphatic heterocycles. The SMILES string of the molecule is C.CCI.CCN1CCc2nc3cc(Br)ccc3c(=O)n2CC1.O=c1c2ccc(Br)cc2nc2n1CCNCC2. The summed E-state index contributed by atoms with van der Waals surface area (Å²) in [4.78, 5) is 36.5. The zero-order valence-electron chi connectivity index (χ0n) is 22.2. The predicted molar refractivity (Wildman–Crippen MR) is 181 cm³/mol. The maximum atomic E-state index is 12.5. The zero-order chi connectivity index (χ0) is 27.9. The van der Waals surface area contributed by atoms with Crippen LogP contribution in [0.2, 0.25) is 0 Å². The highest BCUT2D eigenvalue weighted by molar-refractivity contribution is 14.1. The molecule has 2 aromatic carbocycles. The highest BCUT2D eigenvalue weighted by Gasteiger charge is 2.17. The molecule has 0 bridgehead atoms. The number of benzene rings is 2. The van der Waals surface area contributed by atoms with Gasteiger partial charge >= 0.3 is 0 Å². The van der Waals surface area contributed by atoms with Crippen LogP contribution < -0.4 is 16.4 Å². The fourth-order valence-electron chi connectivity index (χ4n) is 4.77. The molecule has 6 rings (SSSR count). The van der Waals surface area contributed by atoms with Crippen molar-refractivity contribution in [3.05, 3.63) is 77.7 Å². The molecule has 0 amide bonds. The summed E-state index contributed by atoms with van der Waals surface area (Å²) >= 11 is 9.13. The van der Waals surface area contributed by atoms with Gasteiger partial charge in [0.05, 0.1) is 21.8 Å². The smallest absolute Gasteiger partial charge is 0.261 e. The van der Waals surface area contributed by atoms with Crippen molar-refractivity contribution in [3.8, 4) is 0 Å². The number of aromatic nitrogens is 4. The summed E-state index contributed by atoms with van der Waals surface area (Å²) in [5, 5.41) is 4.68. The lowest BCUT2D eigenvalue weighted by atomic mass is 10.2. The third kappa shape index (κ3) is 7.78. The number of rotatable bonds is 1. The largest absolute Gasteiger partial charge is 0.315 e. The monoisotopic (exact) mass is 786 g/mol. The number of hydrogen-bond donors (Lipinski definition) is 1. The van der Waals surface area contributed by atoms with E-state index in [9.17, 15) is 9.59 Å². The van der Waals surface area contributed by atoms with E-state index in [0.29, 0.717) is 17.3 Å². The summed E-state index contributed by atoms with van der Waals surface area (Å²) in [7, 11) is 0. The first-order valence-corrected chi connectivity index (χ1v) is 16.3. The number of hydrogen-bond acceptors (Lipinski definition) is 6. The lowest BCUT2D eigenvalue weighted by molar-refractivity contribution is 0.294. The quantitative estimate of drug-likeness (QED) is 0.205. The summed E-state index contributed by atoms with van der Waals surface area (Å²) in [6.07, 6.45) is 1.64. The highest BCUT2D eigenvalue weighted by atomic mass is 127. The Labute approximate surface area is 266 Å². The van der Waals surface area contributed by atoms with Crippen LogP contribution in [0, 0.1) is 0 Å². The standard InChI is InChI=1S/C14H16BrN3O.C12H12BrN3O.C2H5I.CH4/c1-2-17-6-5-13-16-12-9-10(15)3-4-11(12)14(19)18(13)8-7-17;13-8-1-2-9-10(7-8)15-11-3-4-14-5-6-16(11)12(9)17;1-2-3;/h3-4,9H,2,5-8H2,1H3;1-2,7,14H,3-6H2;2H2,1H3;1H4. The Hall–Kier alpha value is -1.67. The second kappa shape index (κ2) is 15.5. The average Bonchev–Trinajstić information content (AvgIpc) is 3.28. The van der Waals surface area contributed by atoms with Crippen LogP contribution in [0.15, 0.2) is 54.9 Å². The van der Waals surface area contributed by atoms with Crippen molar-refractivity contribution < 1.29 is 0 Å². The van der Waals surface area contributed by atoms with Crippen molar-refractivity contribution in [3.63, 3.8) is 0 Å². The predicted octanol–water partition coefficient (Wildman–Crippen LogP) is 5.42. The van der Waals surface area contributed by atoms with Crippen molar-refractivity contribution in [2.75, 3.05) is 37.2 Å². The lowest BCUT2D eigenvalue weighted by Gasteiger charge is -2.15. The van der Waals surface area contributed by atoms with Crippen LogP contribution in [0.4, 0.5) is 0 Å². The van der Waals surface area contributed by atoms with Crippen molar-refractivity contribution in [1.29, 1.82) is 0 Å². The molecule has 216 valence electrons. The summed E-state index contributed by atoms with van der Waals surface area (Å²) < 4.78 is 6.76. The topological polar surface area (TPSA) is 85.1 Å². The first kappa shape index (κ1) is 32.8. The van der Waals surface area contributed by atoms with Gasteiger partial charge < -0.3 is 10.2 Å². The van der Waals surface area contributed by atoms with E-state index in [4.69, 9.17) is 0 Å². The number of nitrogens with one attached hydrogen (secondary N) is 1. The third-order valence-corrected chi connectivity index (χ3v) is 7.76. The Morgan fingerprint density at radius 3 is 1.88 bits per heavy atom. The van der Waals surface area contributed by atoms with E-state index in [1.54, 1.807) is 4.57 Å². The van der Waals surface area contributed by atoms with Gasteiger partial charge in [-0.25, -0.2) is 9.97 Å². The number of alkyl halides is 1. The first-order chi connectivity index (χ1) is 18.9. The number of nitrogens with zero attached hydrogens (tertiary/aromatic N) is 5. The van der Waals surface area contributed by atoms with Gasteiger partial charge in [-0.3, -0.25) is 18.7 Å². The molecular formula is C29H37Br2IN6O2. The number of halogens is 3. The fraction of sp³-hybridized carbons (Fsp3) is 0.448. The van der Waals surface area contributed by atoms with Gasteiger partial charge in [0.25, 0.3) is 11.1 Å². The molecule has 0 atom stereocenters. The molecule has 1 N–H and O–H groups in total. The molecule has 2 aromatic heterocycles. The van der Waals surface area contributed by atoms with E-state index >= 15 is 0 Å². The molecule has 11 heteroatoms. The van der Waals surface area contributed by atoms with E-state index < -0.39 is 0 Å². The van der Waals surface area contributed by atoms with Crippen molar-refractivity contribution in [2.24, 2.45) is 0 Å². The summed E-state index contributed by atoms with van der Waals surface area (Å²) in [6, 6.07) is 11.3. The third-order valence-electron chi connectivity index (χ3n) is 6.77. The van der Waals surface area contributed by atoms with E-state index in [-0.39, 0.29) is 18.5 Å². The normalized spacial score (nSPS) is 14.8. The Morgan fingerprint density at radius 2 is 1.32 bits per heavy atom. The Kier molecular flexibility index (Phi) is 12.7. The van der Waals surface area contributed by atoms with Crippen molar-refractivity contribution in [2.45, 2.75) is 47.2 Å². The van der Waals surface area contributed by atoms with Crippen LogP contribution in [-0.4, -0.2) is 61.2 Å². The van der Waals surface area contributed by atoms with Gasteiger partial charge in [0.15, 0.2) is 0 Å². The minimum absolute atomic E-state index is 0. The molecule has 0 unspecified atom stereocenters. The summed E-state index contributed by atoms with van der Waals surface area (Å²) in [5.41, 5.74) is 1.72. The van der Waals surface area contributed by atoms with Crippen LogP contribution in [0.3, 0.4) is 0 Å². The van der Waals surface area contributed by atoms with Gasteiger partial charge in [0.1, 0.15) is 11.6 Å². The molecular weight excluding hydrogens is 751 g/mol. The van der Waals surface area contributed by atoms with Crippen LogP contribution >= 0.6 is 54.5 Å². The first-order valence-electron chi connectivity index (χ1n) is 13.2. The molecule has 8 nitrogen and oxygen atoms in total. The van der Waals surface area contributed by atoms with E-state index in [1.165, 1.54) is 4.43 Å². The molecule has 0 aliphatic carbocycles. The molecule has 4 heterocycles. The van der Waals surface area contributed by atoms with Gasteiger partial charge in [-0.05, 0) is 47.4 Å². The maximum Gasteiger partial charge on any atom is 0.261 e. The Balaban J connectivity index is 0.000000197. The molecule has 0 fully saturated rings. The minimum atomic E-state index is 0. The highest BCUT2D eigenvalue weighted by Crippen LogP contribution is 2.18. The Morgan fingerprint density at radius 1 is 0.800 bits per heavy atom. The second-order valence-electron chi connectivity index (χ2n) is 9.24. The van der Waals surface area contributed by atoms with Crippen LogP contribution in [-0.2, 0) is 25.9 Å². The van der Waals surface area contributed by atoms with Crippen LogP contribution in [0.1, 0.15) is 32.9 Å². The van der Waals surface area contributed by atoms with Crippen molar-refractivity contribution >= 4 is 76.3 Å². The molecule has 40 heavy (non-hydrogen) atoms. The molecule has 0 saturated carbocycles. The number of likely N-dealkylation sites (N-methyl/N-ethyl adjacent to an activating group) is 1. The lowest BCUT2D eigenvalue weighted by Crippen LogP contribution is -2.28. The van der Waals surface area contributed by atoms with Crippen molar-refractivity contribution in [1.82, 2.24) is 29.3 Å². The van der Waals surface area contributed by atoms with E-state index in [1.807, 2.05) is 41.0 Å². The summed E-state index contributed by atoms with van der Waals surface area (Å²) in [6.45, 7) is 10.3. The maximum absolute atomic E-state index is 12.5. The molecule has 2 aliphatic rings. The number of fused-ring (bicyclic) bond motifs is 4. The van der Waals surface area contributed by atoms with Crippen LogP contribution in [0.5, 0.6) is 0 Å². The van der Waals surface area contributed by atoms with Gasteiger partial charge in [0.2, 0.25) is 0 Å². The average molecular weight is 788 g/mol. The Bertz CT molecular complexity index is 1570. The second-order valence-corrected chi connectivity index (χ2v) is 12.6. The van der Waals surface area contributed by atoms with Gasteiger partial charge in [-0.2, -0.15) is 0 Å².